The zero-order valence-electron chi connectivity index (χ0n) is 14.0. The number of ether oxygens (including phenoxy) is 1. The van der Waals surface area contributed by atoms with Crippen LogP contribution in [0.3, 0.4) is 0 Å². The van der Waals surface area contributed by atoms with Gasteiger partial charge in [-0.1, -0.05) is 17.7 Å². The Morgan fingerprint density at radius 3 is 2.88 bits per heavy atom. The van der Waals surface area contributed by atoms with Gasteiger partial charge >= 0.3 is 0 Å². The van der Waals surface area contributed by atoms with Crippen molar-refractivity contribution in [1.82, 2.24) is 4.98 Å². The fourth-order valence-corrected chi connectivity index (χ4v) is 3.99. The maximum Gasteiger partial charge on any atom is 0.183 e. The van der Waals surface area contributed by atoms with Gasteiger partial charge in [0.1, 0.15) is 22.8 Å². The minimum Gasteiger partial charge on any atom is -0.512 e. The molecule has 1 aromatic heterocycles. The highest BCUT2D eigenvalue weighted by molar-refractivity contribution is 7.13. The van der Waals surface area contributed by atoms with Crippen LogP contribution in [-0.4, -0.2) is 34.5 Å². The Morgan fingerprint density at radius 2 is 2.21 bits per heavy atom. The first-order valence-electron chi connectivity index (χ1n) is 7.70. The molecule has 1 aliphatic carbocycles. The number of hydrogen-bond acceptors (Lipinski definition) is 6. The number of aromatic nitrogens is 1. The van der Waals surface area contributed by atoms with E-state index < -0.39 is 5.54 Å². The molecule has 7 heteroatoms. The number of methoxy groups -OCH3 is 1. The quantitative estimate of drug-likeness (QED) is 0.837. The lowest BCUT2D eigenvalue weighted by Crippen LogP contribution is -2.40. The van der Waals surface area contributed by atoms with Crippen molar-refractivity contribution in [2.75, 3.05) is 12.4 Å². The van der Waals surface area contributed by atoms with E-state index in [1.165, 1.54) is 11.3 Å². The smallest absolute Gasteiger partial charge is 0.183 e. The van der Waals surface area contributed by atoms with Gasteiger partial charge in [-0.3, -0.25) is 4.99 Å². The number of aliphatic hydroxyl groups is 1. The van der Waals surface area contributed by atoms with Crippen LogP contribution < -0.4 is 5.32 Å². The van der Waals surface area contributed by atoms with Crippen LogP contribution >= 0.6 is 22.9 Å². The number of thiazole rings is 1. The number of fused-ring (bicyclic) bond motifs is 1. The van der Waals surface area contributed by atoms with Gasteiger partial charge in [0.05, 0.1) is 23.8 Å². The molecule has 128 valence electrons. The van der Waals surface area contributed by atoms with Crippen molar-refractivity contribution in [3.63, 3.8) is 0 Å². The van der Waals surface area contributed by atoms with Gasteiger partial charge in [-0.25, -0.2) is 4.98 Å². The van der Waals surface area contributed by atoms with Crippen molar-refractivity contribution in [1.29, 1.82) is 0 Å². The van der Waals surface area contributed by atoms with Gasteiger partial charge in [0.25, 0.3) is 0 Å². The van der Waals surface area contributed by atoms with Crippen LogP contribution in [0.4, 0.5) is 5.13 Å². The summed E-state index contributed by atoms with van der Waals surface area (Å²) in [6.07, 6.45) is 5.30. The molecule has 0 amide bonds. The molecule has 2 unspecified atom stereocenters. The summed E-state index contributed by atoms with van der Waals surface area (Å²) in [6.45, 7) is 6.01. The lowest BCUT2D eigenvalue weighted by molar-refractivity contribution is 0.266. The van der Waals surface area contributed by atoms with E-state index in [1.807, 2.05) is 18.4 Å². The summed E-state index contributed by atoms with van der Waals surface area (Å²) < 4.78 is 5.31. The van der Waals surface area contributed by atoms with Gasteiger partial charge in [-0.05, 0) is 26.8 Å². The third-order valence-electron chi connectivity index (χ3n) is 4.06. The van der Waals surface area contributed by atoms with E-state index in [1.54, 1.807) is 19.3 Å². The lowest BCUT2D eigenvalue weighted by atomic mass is 9.78. The van der Waals surface area contributed by atoms with Gasteiger partial charge in [0, 0.05) is 17.5 Å². The molecule has 2 N–H and O–H groups in total. The fraction of sp³-hybridized carbons (Fsp3) is 0.412. The number of halogens is 1. The van der Waals surface area contributed by atoms with E-state index in [-0.39, 0.29) is 11.7 Å². The van der Waals surface area contributed by atoms with E-state index in [0.717, 1.165) is 5.13 Å². The number of rotatable bonds is 4. The van der Waals surface area contributed by atoms with Gasteiger partial charge < -0.3 is 15.2 Å². The van der Waals surface area contributed by atoms with Crippen LogP contribution in [-0.2, 0) is 4.74 Å². The topological polar surface area (TPSA) is 66.7 Å². The minimum absolute atomic E-state index is 0.221. The molecule has 0 spiro atoms. The van der Waals surface area contributed by atoms with Gasteiger partial charge in [-0.2, -0.15) is 0 Å². The van der Waals surface area contributed by atoms with Crippen molar-refractivity contribution < 1.29 is 9.84 Å². The summed E-state index contributed by atoms with van der Waals surface area (Å²) in [5.74, 6) is 0.478. The summed E-state index contributed by atoms with van der Waals surface area (Å²) in [4.78, 5) is 9.36. The van der Waals surface area contributed by atoms with Crippen molar-refractivity contribution in [2.45, 2.75) is 32.4 Å². The Kier molecular flexibility index (Phi) is 4.44. The number of nitrogens with zero attached hydrogens (tertiary/aromatic N) is 2. The average molecular weight is 366 g/mol. The number of nitrogens with one attached hydrogen (secondary N) is 1. The van der Waals surface area contributed by atoms with Crippen LogP contribution in [0.2, 0.25) is 0 Å². The molecule has 1 aliphatic heterocycles. The second kappa shape index (κ2) is 6.26. The zero-order valence-corrected chi connectivity index (χ0v) is 15.6. The van der Waals surface area contributed by atoms with Crippen LogP contribution in [0.25, 0.3) is 0 Å². The number of dihydropyridines is 1. The fourth-order valence-electron chi connectivity index (χ4n) is 2.84. The maximum absolute atomic E-state index is 10.5. The standard InChI is InChI=1S/C17H20ClN3O2S/c1-9(2)19-16-20-12(8-24-16)11-7-13(22)10-5-6-14(23-4)15(18)17(10,3)21-11/h5-10,22H,1-4H3,(H,19,20). The van der Waals surface area contributed by atoms with E-state index in [0.29, 0.717) is 28.2 Å². The van der Waals surface area contributed by atoms with Crippen molar-refractivity contribution in [3.8, 4) is 0 Å². The van der Waals surface area contributed by atoms with Crippen LogP contribution in [0.5, 0.6) is 0 Å². The highest BCUT2D eigenvalue weighted by atomic mass is 35.5. The Balaban J connectivity index is 2.01. The van der Waals surface area contributed by atoms with Crippen molar-refractivity contribution in [2.24, 2.45) is 10.9 Å². The van der Waals surface area contributed by atoms with E-state index in [9.17, 15) is 5.11 Å². The molecule has 1 aromatic rings. The summed E-state index contributed by atoms with van der Waals surface area (Å²) in [7, 11) is 1.57. The molecular weight excluding hydrogens is 346 g/mol. The molecule has 2 heterocycles. The highest BCUT2D eigenvalue weighted by Gasteiger charge is 2.45. The molecular formula is C17H20ClN3O2S. The van der Waals surface area contributed by atoms with Crippen molar-refractivity contribution in [3.05, 3.63) is 45.9 Å². The molecule has 2 aliphatic rings. The highest BCUT2D eigenvalue weighted by Crippen LogP contribution is 2.44. The summed E-state index contributed by atoms with van der Waals surface area (Å²) in [6, 6.07) is 0.299. The molecule has 3 rings (SSSR count). The second-order valence-electron chi connectivity index (χ2n) is 6.27. The molecule has 24 heavy (non-hydrogen) atoms. The third kappa shape index (κ3) is 2.84. The molecule has 0 saturated heterocycles. The zero-order chi connectivity index (χ0) is 17.5. The molecule has 0 saturated carbocycles. The van der Waals surface area contributed by atoms with E-state index >= 15 is 0 Å². The average Bonchev–Trinajstić information content (AvgIpc) is 2.96. The number of aliphatic hydroxyl groups excluding tert-OH is 1. The first kappa shape index (κ1) is 17.0. The van der Waals surface area contributed by atoms with Crippen LogP contribution in [0, 0.1) is 5.92 Å². The Morgan fingerprint density at radius 1 is 1.46 bits per heavy atom. The molecule has 0 fully saturated rings. The van der Waals surface area contributed by atoms with Crippen LogP contribution in [0.15, 0.2) is 45.2 Å². The first-order chi connectivity index (χ1) is 11.3. The summed E-state index contributed by atoms with van der Waals surface area (Å²) >= 11 is 8.03. The predicted molar refractivity (Wildman–Crippen MR) is 99.0 cm³/mol. The normalized spacial score (nSPS) is 26.2. The Labute approximate surface area is 150 Å². The largest absolute Gasteiger partial charge is 0.512 e. The van der Waals surface area contributed by atoms with E-state index in [2.05, 4.69) is 24.1 Å². The van der Waals surface area contributed by atoms with Crippen LogP contribution in [0.1, 0.15) is 26.5 Å². The number of hydrogen-bond donors (Lipinski definition) is 2. The number of aliphatic imine (C=N–C) groups is 1. The van der Waals surface area contributed by atoms with E-state index in [4.69, 9.17) is 21.3 Å². The first-order valence-corrected chi connectivity index (χ1v) is 8.96. The molecule has 0 radical (unpaired) electrons. The van der Waals surface area contributed by atoms with Gasteiger partial charge in [0.15, 0.2) is 5.13 Å². The second-order valence-corrected chi connectivity index (χ2v) is 7.51. The SMILES string of the molecule is COC1=C(Cl)C2(C)N=C(c3csc(NC(C)C)n3)C=C(O)C2C=C1. The maximum atomic E-state index is 10.5. The predicted octanol–water partition coefficient (Wildman–Crippen LogP) is 4.25. The molecule has 0 bridgehead atoms. The Hall–Kier alpha value is -1.79. The lowest BCUT2D eigenvalue weighted by Gasteiger charge is -2.37. The number of allylic oxidation sites excluding steroid dienone is 2. The van der Waals surface area contributed by atoms with Crippen molar-refractivity contribution >= 4 is 33.8 Å². The third-order valence-corrected chi connectivity index (χ3v) is 5.40. The number of anilines is 1. The Bertz CT molecular complexity index is 779. The minimum atomic E-state index is -0.801. The molecule has 2 atom stereocenters. The monoisotopic (exact) mass is 365 g/mol. The summed E-state index contributed by atoms with van der Waals surface area (Å²) in [5.41, 5.74) is 0.529. The van der Waals surface area contributed by atoms with Gasteiger partial charge in [0.2, 0.25) is 0 Å². The molecule has 0 aromatic carbocycles. The summed E-state index contributed by atoms with van der Waals surface area (Å²) in [5, 5.41) is 17.0. The van der Waals surface area contributed by atoms with Gasteiger partial charge in [-0.15, -0.1) is 11.3 Å². The molecule has 5 nitrogen and oxygen atoms in total.